The van der Waals surface area contributed by atoms with E-state index in [0.29, 0.717) is 0 Å². The average molecular weight is 303 g/mol. The molecule has 0 radical (unpaired) electrons. The van der Waals surface area contributed by atoms with E-state index in [1.165, 1.54) is 0 Å². The zero-order valence-electron chi connectivity index (χ0n) is 9.61. The van der Waals surface area contributed by atoms with Crippen molar-refractivity contribution in [3.63, 3.8) is 0 Å². The molecule has 0 unspecified atom stereocenters. The van der Waals surface area contributed by atoms with E-state index in [9.17, 15) is 17.2 Å². The molecule has 19 heavy (non-hydrogen) atoms. The highest BCUT2D eigenvalue weighted by atomic mass is 35.5. The zero-order chi connectivity index (χ0) is 14.0. The van der Waals surface area contributed by atoms with Gasteiger partial charge in [-0.1, -0.05) is 0 Å². The quantitative estimate of drug-likeness (QED) is 0.642. The first kappa shape index (κ1) is 14.0. The van der Waals surface area contributed by atoms with Crippen LogP contribution in [0.1, 0.15) is 5.56 Å². The fraction of sp³-hybridized carbons (Fsp3) is 0.0769. The van der Waals surface area contributed by atoms with E-state index in [2.05, 4.69) is 0 Å². The van der Waals surface area contributed by atoms with Crippen LogP contribution in [0, 0.1) is 11.6 Å². The molecule has 2 aromatic rings. The lowest BCUT2D eigenvalue weighted by Gasteiger charge is -2.09. The standard InChI is InChI=1S/C13H9ClF2O2S/c14-8-9-7-11(16)3-6-13(9)19(17,18)12-4-1-10(15)2-5-12/h1-7H,8H2. The molecule has 0 saturated carbocycles. The van der Waals surface area contributed by atoms with E-state index < -0.39 is 21.5 Å². The predicted octanol–water partition coefficient (Wildman–Crippen LogP) is 3.54. The highest BCUT2D eigenvalue weighted by molar-refractivity contribution is 7.91. The molecule has 0 saturated heterocycles. The third-order valence-electron chi connectivity index (χ3n) is 2.58. The number of hydrogen-bond donors (Lipinski definition) is 0. The Balaban J connectivity index is 2.59. The van der Waals surface area contributed by atoms with E-state index >= 15 is 0 Å². The number of rotatable bonds is 3. The van der Waals surface area contributed by atoms with Gasteiger partial charge in [0, 0.05) is 5.88 Å². The molecule has 0 amide bonds. The average Bonchev–Trinajstić information content (AvgIpc) is 2.38. The van der Waals surface area contributed by atoms with Gasteiger partial charge in [-0.25, -0.2) is 17.2 Å². The molecule has 0 spiro atoms. The van der Waals surface area contributed by atoms with Gasteiger partial charge < -0.3 is 0 Å². The lowest BCUT2D eigenvalue weighted by Crippen LogP contribution is -2.05. The molecule has 0 aromatic heterocycles. The molecule has 0 bridgehead atoms. The summed E-state index contributed by atoms with van der Waals surface area (Å²) in [6, 6.07) is 7.70. The van der Waals surface area contributed by atoms with Gasteiger partial charge in [0.2, 0.25) is 9.84 Å². The minimum atomic E-state index is -3.83. The highest BCUT2D eigenvalue weighted by Gasteiger charge is 2.21. The van der Waals surface area contributed by atoms with Gasteiger partial charge in [-0.2, -0.15) is 0 Å². The molecular formula is C13H9ClF2O2S. The second-order valence-corrected chi connectivity index (χ2v) is 6.03. The first-order chi connectivity index (χ1) is 8.95. The third-order valence-corrected chi connectivity index (χ3v) is 4.74. The van der Waals surface area contributed by atoms with Gasteiger partial charge in [-0.15, -0.1) is 11.6 Å². The molecule has 2 rings (SSSR count). The molecule has 0 heterocycles. The summed E-state index contributed by atoms with van der Waals surface area (Å²) in [5, 5.41) is 0. The molecule has 0 aliphatic rings. The number of halogens is 3. The topological polar surface area (TPSA) is 34.1 Å². The van der Waals surface area contributed by atoms with Gasteiger partial charge in [0.15, 0.2) is 0 Å². The predicted molar refractivity (Wildman–Crippen MR) is 67.8 cm³/mol. The Hall–Kier alpha value is -1.46. The molecule has 2 nitrogen and oxygen atoms in total. The van der Waals surface area contributed by atoms with Gasteiger partial charge >= 0.3 is 0 Å². The second kappa shape index (κ2) is 5.27. The number of benzene rings is 2. The van der Waals surface area contributed by atoms with Gasteiger partial charge in [0.25, 0.3) is 0 Å². The first-order valence-electron chi connectivity index (χ1n) is 5.30. The number of sulfone groups is 1. The van der Waals surface area contributed by atoms with E-state index in [1.54, 1.807) is 0 Å². The van der Waals surface area contributed by atoms with Crippen LogP contribution >= 0.6 is 11.6 Å². The Morgan fingerprint density at radius 3 is 2.11 bits per heavy atom. The third kappa shape index (κ3) is 2.77. The van der Waals surface area contributed by atoms with Gasteiger partial charge in [0.05, 0.1) is 9.79 Å². The maximum absolute atomic E-state index is 13.1. The lowest BCUT2D eigenvalue weighted by atomic mass is 10.2. The summed E-state index contributed by atoms with van der Waals surface area (Å²) >= 11 is 5.63. The van der Waals surface area contributed by atoms with Crippen LogP contribution < -0.4 is 0 Å². The summed E-state index contributed by atoms with van der Waals surface area (Å²) in [5.41, 5.74) is 0.172. The van der Waals surface area contributed by atoms with Crippen molar-refractivity contribution in [2.24, 2.45) is 0 Å². The van der Waals surface area contributed by atoms with Crippen LogP contribution in [0.25, 0.3) is 0 Å². The first-order valence-corrected chi connectivity index (χ1v) is 7.32. The van der Waals surface area contributed by atoms with Crippen molar-refractivity contribution < 1.29 is 17.2 Å². The Morgan fingerprint density at radius 1 is 0.947 bits per heavy atom. The molecule has 0 fully saturated rings. The summed E-state index contributed by atoms with van der Waals surface area (Å²) in [4.78, 5) is -0.137. The van der Waals surface area contributed by atoms with Crippen LogP contribution in [-0.2, 0) is 15.7 Å². The van der Waals surface area contributed by atoms with E-state index in [4.69, 9.17) is 11.6 Å². The van der Waals surface area contributed by atoms with Crippen molar-refractivity contribution in [1.82, 2.24) is 0 Å². The minimum absolute atomic E-state index is 0.0631. The van der Waals surface area contributed by atoms with E-state index in [1.807, 2.05) is 0 Å². The van der Waals surface area contributed by atoms with Crippen molar-refractivity contribution in [2.45, 2.75) is 15.7 Å². The Labute approximate surface area is 114 Å². The molecule has 0 aliphatic heterocycles. The van der Waals surface area contributed by atoms with Crippen molar-refractivity contribution in [3.8, 4) is 0 Å². The van der Waals surface area contributed by atoms with Crippen molar-refractivity contribution in [3.05, 3.63) is 59.7 Å². The molecule has 0 aliphatic carbocycles. The Kier molecular flexibility index (Phi) is 3.87. The SMILES string of the molecule is O=S(=O)(c1ccc(F)cc1)c1ccc(F)cc1CCl. The van der Waals surface area contributed by atoms with Crippen LogP contribution in [-0.4, -0.2) is 8.42 Å². The summed E-state index contributed by atoms with van der Waals surface area (Å²) in [6.07, 6.45) is 0. The number of alkyl halides is 1. The largest absolute Gasteiger partial charge is 0.219 e. The smallest absolute Gasteiger partial charge is 0.206 e. The fourth-order valence-electron chi connectivity index (χ4n) is 1.66. The minimum Gasteiger partial charge on any atom is -0.219 e. The van der Waals surface area contributed by atoms with Crippen LogP contribution in [0.4, 0.5) is 8.78 Å². The Bertz CT molecular complexity index is 697. The summed E-state index contributed by atoms with van der Waals surface area (Å²) < 4.78 is 50.5. The lowest BCUT2D eigenvalue weighted by molar-refractivity contribution is 0.592. The van der Waals surface area contributed by atoms with Crippen molar-refractivity contribution in [1.29, 1.82) is 0 Å². The van der Waals surface area contributed by atoms with Crippen LogP contribution in [0.5, 0.6) is 0 Å². The van der Waals surface area contributed by atoms with Crippen molar-refractivity contribution >= 4 is 21.4 Å². The summed E-state index contributed by atoms with van der Waals surface area (Å²) in [5.74, 6) is -1.22. The monoisotopic (exact) mass is 302 g/mol. The van der Waals surface area contributed by atoms with E-state index in [-0.39, 0.29) is 21.2 Å². The molecule has 6 heteroatoms. The molecule has 2 aromatic carbocycles. The Morgan fingerprint density at radius 2 is 1.53 bits per heavy atom. The second-order valence-electron chi connectivity index (χ2n) is 3.84. The van der Waals surface area contributed by atoms with Crippen molar-refractivity contribution in [2.75, 3.05) is 0 Å². The van der Waals surface area contributed by atoms with Gasteiger partial charge in [0.1, 0.15) is 11.6 Å². The zero-order valence-corrected chi connectivity index (χ0v) is 11.2. The molecular weight excluding hydrogens is 294 g/mol. The number of hydrogen-bond acceptors (Lipinski definition) is 2. The maximum Gasteiger partial charge on any atom is 0.206 e. The van der Waals surface area contributed by atoms with Gasteiger partial charge in [-0.3, -0.25) is 0 Å². The van der Waals surface area contributed by atoms with Crippen LogP contribution in [0.15, 0.2) is 52.3 Å². The normalized spacial score (nSPS) is 11.5. The summed E-state index contributed by atoms with van der Waals surface area (Å²) in [7, 11) is -3.83. The fourth-order valence-corrected chi connectivity index (χ4v) is 3.43. The molecule has 100 valence electrons. The molecule has 0 N–H and O–H groups in total. The summed E-state index contributed by atoms with van der Waals surface area (Å²) in [6.45, 7) is 0. The maximum atomic E-state index is 13.1. The highest BCUT2D eigenvalue weighted by Crippen LogP contribution is 2.26. The molecule has 0 atom stereocenters. The van der Waals surface area contributed by atoms with E-state index in [0.717, 1.165) is 42.5 Å². The van der Waals surface area contributed by atoms with Crippen LogP contribution in [0.3, 0.4) is 0 Å². The van der Waals surface area contributed by atoms with Crippen LogP contribution in [0.2, 0.25) is 0 Å². The van der Waals surface area contributed by atoms with Gasteiger partial charge in [-0.05, 0) is 48.0 Å².